The predicted octanol–water partition coefficient (Wildman–Crippen LogP) is 4.50. The summed E-state index contributed by atoms with van der Waals surface area (Å²) in [7, 11) is 0. The first-order valence-corrected chi connectivity index (χ1v) is 10.8. The Morgan fingerprint density at radius 2 is 1.68 bits per heavy atom. The third kappa shape index (κ3) is 4.05. The third-order valence-corrected chi connectivity index (χ3v) is 6.24. The van der Waals surface area contributed by atoms with Gasteiger partial charge in [0.25, 0.3) is 5.91 Å². The van der Waals surface area contributed by atoms with Crippen molar-refractivity contribution in [1.29, 1.82) is 0 Å². The van der Waals surface area contributed by atoms with E-state index in [0.29, 0.717) is 0 Å². The Labute approximate surface area is 171 Å². The summed E-state index contributed by atoms with van der Waals surface area (Å²) >= 11 is 1.74. The second kappa shape index (κ2) is 8.33. The molecule has 0 spiro atoms. The molecule has 2 aromatic heterocycles. The van der Waals surface area contributed by atoms with Crippen molar-refractivity contribution < 1.29 is 4.79 Å². The summed E-state index contributed by atoms with van der Waals surface area (Å²) < 4.78 is 2.21. The Morgan fingerprint density at radius 1 is 0.929 bits per heavy atom. The molecule has 0 radical (unpaired) electrons. The highest BCUT2D eigenvalue weighted by Crippen LogP contribution is 2.18. The van der Waals surface area contributed by atoms with Gasteiger partial charge in [0.05, 0.1) is 0 Å². The van der Waals surface area contributed by atoms with Gasteiger partial charge in [-0.1, -0.05) is 0 Å². The van der Waals surface area contributed by atoms with Crippen molar-refractivity contribution in [3.8, 4) is 5.69 Å². The van der Waals surface area contributed by atoms with E-state index in [0.717, 1.165) is 50.4 Å². The van der Waals surface area contributed by atoms with Gasteiger partial charge in [0, 0.05) is 55.4 Å². The van der Waals surface area contributed by atoms with Crippen LogP contribution < -0.4 is 0 Å². The van der Waals surface area contributed by atoms with Crippen LogP contribution in [0.5, 0.6) is 0 Å². The number of amides is 1. The van der Waals surface area contributed by atoms with E-state index in [-0.39, 0.29) is 5.91 Å². The van der Waals surface area contributed by atoms with Gasteiger partial charge in [-0.2, -0.15) is 11.3 Å². The van der Waals surface area contributed by atoms with E-state index in [1.165, 1.54) is 17.0 Å². The number of hydrogen-bond donors (Lipinski definition) is 0. The molecule has 4 rings (SSSR count). The predicted molar refractivity (Wildman–Crippen MR) is 115 cm³/mol. The molecule has 146 valence electrons. The molecule has 1 amide bonds. The van der Waals surface area contributed by atoms with Crippen LogP contribution in [-0.2, 0) is 6.54 Å². The smallest absolute Gasteiger partial charge is 0.253 e. The molecule has 4 nitrogen and oxygen atoms in total. The maximum Gasteiger partial charge on any atom is 0.253 e. The van der Waals surface area contributed by atoms with Crippen molar-refractivity contribution in [3.63, 3.8) is 0 Å². The van der Waals surface area contributed by atoms with E-state index >= 15 is 0 Å². The molecular formula is C23H27N3OS. The van der Waals surface area contributed by atoms with Gasteiger partial charge < -0.3 is 9.47 Å². The fourth-order valence-electron chi connectivity index (χ4n) is 3.98. The standard InChI is InChI=1S/C23H27N3OS/c1-18-4-5-19(2)26(18)22-8-6-21(7-9-22)23(27)25-12-3-11-24(13-14-25)16-20-10-15-28-17-20/h4-10,15,17H,3,11-14,16H2,1-2H3. The van der Waals surface area contributed by atoms with Gasteiger partial charge in [-0.15, -0.1) is 0 Å². The minimum Gasteiger partial charge on any atom is -0.337 e. The average Bonchev–Trinajstić information content (AvgIpc) is 3.26. The Balaban J connectivity index is 1.41. The SMILES string of the molecule is Cc1ccc(C)n1-c1ccc(C(=O)N2CCCN(Cc3ccsc3)CC2)cc1. The first-order valence-electron chi connectivity index (χ1n) is 9.90. The number of aryl methyl sites for hydroxylation is 2. The van der Waals surface area contributed by atoms with E-state index in [9.17, 15) is 4.79 Å². The summed E-state index contributed by atoms with van der Waals surface area (Å²) in [6.07, 6.45) is 1.02. The molecule has 0 bridgehead atoms. The van der Waals surface area contributed by atoms with Crippen molar-refractivity contribution in [3.05, 3.63) is 75.7 Å². The first kappa shape index (κ1) is 19.0. The van der Waals surface area contributed by atoms with Crippen LogP contribution >= 0.6 is 11.3 Å². The topological polar surface area (TPSA) is 28.5 Å². The Morgan fingerprint density at radius 3 is 2.36 bits per heavy atom. The molecule has 0 atom stereocenters. The molecule has 0 aliphatic carbocycles. The van der Waals surface area contributed by atoms with Crippen LogP contribution in [0, 0.1) is 13.8 Å². The molecule has 1 fully saturated rings. The van der Waals surface area contributed by atoms with Gasteiger partial charge in [0.1, 0.15) is 0 Å². The van der Waals surface area contributed by atoms with Crippen molar-refractivity contribution in [1.82, 2.24) is 14.4 Å². The van der Waals surface area contributed by atoms with Gasteiger partial charge >= 0.3 is 0 Å². The Kier molecular flexibility index (Phi) is 5.64. The Bertz CT molecular complexity index is 908. The van der Waals surface area contributed by atoms with E-state index in [1.807, 2.05) is 29.2 Å². The number of hydrogen-bond acceptors (Lipinski definition) is 3. The van der Waals surface area contributed by atoms with Crippen molar-refractivity contribution in [2.24, 2.45) is 0 Å². The van der Waals surface area contributed by atoms with Crippen LogP contribution in [0.1, 0.15) is 33.7 Å². The number of carbonyl (C=O) groups excluding carboxylic acids is 1. The number of aromatic nitrogens is 1. The largest absolute Gasteiger partial charge is 0.337 e. The maximum atomic E-state index is 13.0. The van der Waals surface area contributed by atoms with Crippen LogP contribution in [0.2, 0.25) is 0 Å². The quantitative estimate of drug-likeness (QED) is 0.653. The third-order valence-electron chi connectivity index (χ3n) is 5.51. The fourth-order valence-corrected chi connectivity index (χ4v) is 4.64. The minimum atomic E-state index is 0.143. The molecule has 1 saturated heterocycles. The van der Waals surface area contributed by atoms with Gasteiger partial charge in [-0.25, -0.2) is 0 Å². The van der Waals surface area contributed by atoms with Crippen LogP contribution in [0.4, 0.5) is 0 Å². The van der Waals surface area contributed by atoms with Gasteiger partial charge in [-0.05, 0) is 79.1 Å². The number of benzene rings is 1. The zero-order valence-corrected chi connectivity index (χ0v) is 17.4. The summed E-state index contributed by atoms with van der Waals surface area (Å²) in [6.45, 7) is 8.79. The van der Waals surface area contributed by atoms with Gasteiger partial charge in [-0.3, -0.25) is 9.69 Å². The molecule has 0 N–H and O–H groups in total. The summed E-state index contributed by atoms with van der Waals surface area (Å²) in [6, 6.07) is 14.5. The van der Waals surface area contributed by atoms with Gasteiger partial charge in [0.2, 0.25) is 0 Å². The van der Waals surface area contributed by atoms with E-state index in [4.69, 9.17) is 0 Å². The highest BCUT2D eigenvalue weighted by Gasteiger charge is 2.20. The van der Waals surface area contributed by atoms with Crippen molar-refractivity contribution in [2.75, 3.05) is 26.2 Å². The molecule has 28 heavy (non-hydrogen) atoms. The van der Waals surface area contributed by atoms with Crippen molar-refractivity contribution >= 4 is 17.2 Å². The lowest BCUT2D eigenvalue weighted by Crippen LogP contribution is -2.35. The molecule has 0 saturated carbocycles. The second-order valence-corrected chi connectivity index (χ2v) is 8.33. The summed E-state index contributed by atoms with van der Waals surface area (Å²) in [5.74, 6) is 0.143. The van der Waals surface area contributed by atoms with E-state index in [2.05, 4.69) is 52.3 Å². The van der Waals surface area contributed by atoms with E-state index < -0.39 is 0 Å². The van der Waals surface area contributed by atoms with Crippen LogP contribution in [0.25, 0.3) is 5.69 Å². The number of carbonyl (C=O) groups is 1. The lowest BCUT2D eigenvalue weighted by Gasteiger charge is -2.22. The van der Waals surface area contributed by atoms with Crippen LogP contribution in [0.15, 0.2) is 53.2 Å². The zero-order valence-electron chi connectivity index (χ0n) is 16.6. The second-order valence-electron chi connectivity index (χ2n) is 7.55. The molecule has 1 aliphatic heterocycles. The van der Waals surface area contributed by atoms with Crippen LogP contribution in [0.3, 0.4) is 0 Å². The maximum absolute atomic E-state index is 13.0. The normalized spacial score (nSPS) is 15.6. The molecular weight excluding hydrogens is 366 g/mol. The van der Waals surface area contributed by atoms with Crippen molar-refractivity contribution in [2.45, 2.75) is 26.8 Å². The summed E-state index contributed by atoms with van der Waals surface area (Å²) in [4.78, 5) is 17.5. The lowest BCUT2D eigenvalue weighted by atomic mass is 10.1. The number of rotatable bonds is 4. The molecule has 0 unspecified atom stereocenters. The monoisotopic (exact) mass is 393 g/mol. The summed E-state index contributed by atoms with van der Waals surface area (Å²) in [5.41, 5.74) is 5.66. The highest BCUT2D eigenvalue weighted by molar-refractivity contribution is 7.07. The minimum absolute atomic E-state index is 0.143. The zero-order chi connectivity index (χ0) is 19.5. The average molecular weight is 394 g/mol. The van der Waals surface area contributed by atoms with Gasteiger partial charge in [0.15, 0.2) is 0 Å². The highest BCUT2D eigenvalue weighted by atomic mass is 32.1. The molecule has 3 aromatic rings. The molecule has 1 aliphatic rings. The fraction of sp³-hybridized carbons (Fsp3) is 0.348. The number of nitrogens with zero attached hydrogens (tertiary/aromatic N) is 3. The number of thiophene rings is 1. The van der Waals surface area contributed by atoms with E-state index in [1.54, 1.807) is 11.3 Å². The molecule has 1 aromatic carbocycles. The first-order chi connectivity index (χ1) is 13.6. The van der Waals surface area contributed by atoms with Crippen LogP contribution in [-0.4, -0.2) is 46.5 Å². The Hall–Kier alpha value is -2.37. The lowest BCUT2D eigenvalue weighted by molar-refractivity contribution is 0.0761. The molecule has 5 heteroatoms. The molecule has 3 heterocycles. The summed E-state index contributed by atoms with van der Waals surface area (Å²) in [5, 5.41) is 4.34.